The van der Waals surface area contributed by atoms with Crippen molar-refractivity contribution < 1.29 is 13.2 Å². The quantitative estimate of drug-likeness (QED) is 0.593. The minimum Gasteiger partial charge on any atom is -0.353 e. The van der Waals surface area contributed by atoms with Crippen LogP contribution in [0.2, 0.25) is 0 Å². The molecular weight excluding hydrogens is 426 g/mol. The molecule has 0 spiro atoms. The van der Waals surface area contributed by atoms with Gasteiger partial charge in [-0.05, 0) is 37.3 Å². The first-order chi connectivity index (χ1) is 15.4. The minimum atomic E-state index is -3.76. The second-order valence-corrected chi connectivity index (χ2v) is 9.65. The van der Waals surface area contributed by atoms with Crippen molar-refractivity contribution in [3.8, 4) is 0 Å². The van der Waals surface area contributed by atoms with Crippen LogP contribution in [0.3, 0.4) is 0 Å². The zero-order valence-corrected chi connectivity index (χ0v) is 18.9. The Morgan fingerprint density at radius 3 is 2.38 bits per heavy atom. The average molecular weight is 452 g/mol. The van der Waals surface area contributed by atoms with E-state index in [0.717, 1.165) is 15.7 Å². The second kappa shape index (κ2) is 8.96. The average Bonchev–Trinajstić information content (AvgIpc) is 2.84. The largest absolute Gasteiger partial charge is 0.353 e. The summed E-state index contributed by atoms with van der Waals surface area (Å²) >= 11 is 0. The Bertz CT molecular complexity index is 1190. The summed E-state index contributed by atoms with van der Waals surface area (Å²) in [7, 11) is -2.29. The van der Waals surface area contributed by atoms with Crippen LogP contribution in [0.5, 0.6) is 0 Å². The molecule has 1 aliphatic heterocycles. The summed E-state index contributed by atoms with van der Waals surface area (Å²) in [6, 6.07) is 14.0. The van der Waals surface area contributed by atoms with Gasteiger partial charge in [-0.2, -0.15) is 0 Å². The Morgan fingerprint density at radius 2 is 1.72 bits per heavy atom. The smallest absolute Gasteiger partial charge is 0.264 e. The number of piperazine rings is 1. The highest BCUT2D eigenvalue weighted by molar-refractivity contribution is 7.92. The fraction of sp³-hybridized carbons (Fsp3) is 0.261. The lowest BCUT2D eigenvalue weighted by Crippen LogP contribution is -2.49. The van der Waals surface area contributed by atoms with Crippen molar-refractivity contribution in [3.05, 3.63) is 78.2 Å². The topological polar surface area (TPSA) is 86.7 Å². The normalized spacial score (nSPS) is 14.3. The number of pyridine rings is 2. The summed E-state index contributed by atoms with van der Waals surface area (Å²) in [6.45, 7) is 4.36. The molecular formula is C23H25N5O3S. The van der Waals surface area contributed by atoms with Crippen LogP contribution >= 0.6 is 0 Å². The molecule has 0 N–H and O–H groups in total. The van der Waals surface area contributed by atoms with E-state index in [2.05, 4.69) is 14.9 Å². The highest BCUT2D eigenvalue weighted by Gasteiger charge is 2.25. The van der Waals surface area contributed by atoms with E-state index in [1.54, 1.807) is 41.4 Å². The van der Waals surface area contributed by atoms with Gasteiger partial charge in [-0.15, -0.1) is 0 Å². The maximum Gasteiger partial charge on any atom is 0.264 e. The number of aryl methyl sites for hydroxylation is 1. The Labute approximate surface area is 188 Å². The number of amides is 1. The zero-order valence-electron chi connectivity index (χ0n) is 18.0. The van der Waals surface area contributed by atoms with E-state index in [4.69, 9.17) is 0 Å². The van der Waals surface area contributed by atoms with Crippen molar-refractivity contribution >= 4 is 27.4 Å². The van der Waals surface area contributed by atoms with Crippen LogP contribution in [0.1, 0.15) is 15.9 Å². The van der Waals surface area contributed by atoms with Gasteiger partial charge in [0.2, 0.25) is 0 Å². The highest BCUT2D eigenvalue weighted by atomic mass is 32.2. The first-order valence-corrected chi connectivity index (χ1v) is 11.8. The Morgan fingerprint density at radius 1 is 1.00 bits per heavy atom. The molecule has 1 aromatic carbocycles. The summed E-state index contributed by atoms with van der Waals surface area (Å²) in [6.07, 6.45) is 4.68. The lowest BCUT2D eigenvalue weighted by Gasteiger charge is -2.35. The van der Waals surface area contributed by atoms with Gasteiger partial charge in [0, 0.05) is 45.6 Å². The lowest BCUT2D eigenvalue weighted by molar-refractivity contribution is 0.0746. The Hall–Kier alpha value is -3.46. The van der Waals surface area contributed by atoms with Crippen LogP contribution < -0.4 is 9.21 Å². The molecule has 0 unspecified atom stereocenters. The van der Waals surface area contributed by atoms with Crippen LogP contribution in [0.25, 0.3) is 0 Å². The molecule has 8 nitrogen and oxygen atoms in total. The van der Waals surface area contributed by atoms with Crippen LogP contribution in [-0.2, 0) is 10.0 Å². The molecule has 166 valence electrons. The Balaban J connectivity index is 1.48. The fourth-order valence-corrected chi connectivity index (χ4v) is 4.76. The van der Waals surface area contributed by atoms with Crippen molar-refractivity contribution in [1.29, 1.82) is 0 Å². The first kappa shape index (κ1) is 21.8. The monoisotopic (exact) mass is 451 g/mol. The lowest BCUT2D eigenvalue weighted by atomic mass is 10.2. The molecule has 1 saturated heterocycles. The number of anilines is 2. The molecule has 3 heterocycles. The number of carbonyl (C=O) groups is 1. The third-order valence-electron chi connectivity index (χ3n) is 5.55. The van der Waals surface area contributed by atoms with E-state index in [1.807, 2.05) is 25.1 Å². The fourth-order valence-electron chi connectivity index (χ4n) is 3.59. The number of hydrogen-bond donors (Lipinski definition) is 0. The van der Waals surface area contributed by atoms with Gasteiger partial charge in [0.05, 0.1) is 22.3 Å². The maximum atomic E-state index is 13.1. The molecule has 0 bridgehead atoms. The molecule has 32 heavy (non-hydrogen) atoms. The van der Waals surface area contributed by atoms with Gasteiger partial charge < -0.3 is 9.80 Å². The highest BCUT2D eigenvalue weighted by Crippen LogP contribution is 2.23. The third kappa shape index (κ3) is 4.43. The van der Waals surface area contributed by atoms with Crippen molar-refractivity contribution in [2.75, 3.05) is 42.4 Å². The number of carbonyl (C=O) groups excluding carboxylic acids is 1. The van der Waals surface area contributed by atoms with Gasteiger partial charge >= 0.3 is 0 Å². The van der Waals surface area contributed by atoms with Crippen LogP contribution in [0.4, 0.5) is 11.5 Å². The maximum absolute atomic E-state index is 13.1. The molecule has 1 fully saturated rings. The van der Waals surface area contributed by atoms with Crippen molar-refractivity contribution in [2.45, 2.75) is 11.8 Å². The third-order valence-corrected chi connectivity index (χ3v) is 7.35. The predicted octanol–water partition coefficient (Wildman–Crippen LogP) is 2.57. The number of nitrogens with zero attached hydrogens (tertiary/aromatic N) is 5. The number of rotatable bonds is 5. The van der Waals surface area contributed by atoms with E-state index >= 15 is 0 Å². The number of aromatic nitrogens is 2. The molecule has 0 atom stereocenters. The van der Waals surface area contributed by atoms with Crippen LogP contribution in [0, 0.1) is 6.92 Å². The summed E-state index contributed by atoms with van der Waals surface area (Å²) in [5.41, 5.74) is 1.67. The molecule has 0 radical (unpaired) electrons. The predicted molar refractivity (Wildman–Crippen MR) is 123 cm³/mol. The van der Waals surface area contributed by atoms with Gasteiger partial charge in [0.25, 0.3) is 15.9 Å². The number of sulfonamides is 1. The molecule has 2 aromatic heterocycles. The van der Waals surface area contributed by atoms with Crippen LogP contribution in [0.15, 0.2) is 72.0 Å². The Kier molecular flexibility index (Phi) is 6.09. The van der Waals surface area contributed by atoms with Gasteiger partial charge in [0.15, 0.2) is 0 Å². The zero-order chi connectivity index (χ0) is 22.7. The van der Waals surface area contributed by atoms with Gasteiger partial charge in [-0.1, -0.05) is 23.8 Å². The summed E-state index contributed by atoms with van der Waals surface area (Å²) in [5, 5.41) is 0. The standard InChI is InChI=1S/C23H25N5O3S/c1-18-6-8-21(9-7-18)32(30,31)26(2)20-15-19(16-24-17-20)23(29)28-13-11-27(12-14-28)22-5-3-4-10-25-22/h3-10,15-17H,11-14H2,1-2H3. The van der Waals surface area contributed by atoms with Gasteiger partial charge in [-0.25, -0.2) is 13.4 Å². The number of hydrogen-bond acceptors (Lipinski definition) is 6. The molecule has 0 aliphatic carbocycles. The van der Waals surface area contributed by atoms with Gasteiger partial charge in [-0.3, -0.25) is 14.1 Å². The molecule has 0 saturated carbocycles. The van der Waals surface area contributed by atoms with Gasteiger partial charge in [0.1, 0.15) is 5.82 Å². The molecule has 9 heteroatoms. The summed E-state index contributed by atoms with van der Waals surface area (Å²) < 4.78 is 27.1. The minimum absolute atomic E-state index is 0.166. The van der Waals surface area contributed by atoms with Crippen LogP contribution in [-0.4, -0.2) is 62.4 Å². The molecule has 1 aliphatic rings. The van der Waals surface area contributed by atoms with E-state index in [1.165, 1.54) is 19.4 Å². The molecule has 4 rings (SSSR count). The summed E-state index contributed by atoms with van der Waals surface area (Å²) in [4.78, 5) is 25.6. The van der Waals surface area contributed by atoms with Crippen molar-refractivity contribution in [1.82, 2.24) is 14.9 Å². The molecule has 3 aromatic rings. The van der Waals surface area contributed by atoms with E-state index in [9.17, 15) is 13.2 Å². The van der Waals surface area contributed by atoms with E-state index in [0.29, 0.717) is 37.4 Å². The first-order valence-electron chi connectivity index (χ1n) is 10.3. The second-order valence-electron chi connectivity index (χ2n) is 7.68. The number of benzene rings is 1. The van der Waals surface area contributed by atoms with Crippen molar-refractivity contribution in [2.24, 2.45) is 0 Å². The van der Waals surface area contributed by atoms with E-state index < -0.39 is 10.0 Å². The summed E-state index contributed by atoms with van der Waals surface area (Å²) in [5.74, 6) is 0.729. The SMILES string of the molecule is Cc1ccc(S(=O)(=O)N(C)c2cncc(C(=O)N3CCN(c4ccccn4)CC3)c2)cc1. The van der Waals surface area contributed by atoms with E-state index in [-0.39, 0.29) is 10.8 Å². The molecule has 1 amide bonds. The van der Waals surface area contributed by atoms with Crippen molar-refractivity contribution in [3.63, 3.8) is 0 Å².